The van der Waals surface area contributed by atoms with E-state index in [1.807, 2.05) is 0 Å². The van der Waals surface area contributed by atoms with Crippen LogP contribution in [0.4, 0.5) is 5.69 Å². The summed E-state index contributed by atoms with van der Waals surface area (Å²) in [6, 6.07) is 6.04. The number of nitrogens with zero attached hydrogens (tertiary/aromatic N) is 2. The third-order valence-corrected chi connectivity index (χ3v) is 2.46. The van der Waals surface area contributed by atoms with Gasteiger partial charge in [0.1, 0.15) is 0 Å². The second-order valence-electron chi connectivity index (χ2n) is 3.67. The van der Waals surface area contributed by atoms with Gasteiger partial charge in [0.05, 0.1) is 11.0 Å². The third kappa shape index (κ3) is 2.51. The van der Waals surface area contributed by atoms with Gasteiger partial charge in [-0.2, -0.15) is 0 Å². The first-order chi connectivity index (χ1) is 7.16. The topological polar surface area (TPSA) is 66.4 Å². The van der Waals surface area contributed by atoms with Crippen LogP contribution in [-0.2, 0) is 0 Å². The maximum atomic E-state index is 10.4. The highest BCUT2D eigenvalue weighted by Gasteiger charge is 2.21. The molecule has 1 aliphatic rings. The molecule has 0 spiro atoms. The number of benzene rings is 1. The largest absolute Gasteiger partial charge is 0.387 e. The zero-order valence-corrected chi connectivity index (χ0v) is 8.17. The number of nitro groups is 1. The van der Waals surface area contributed by atoms with E-state index in [1.54, 1.807) is 12.1 Å². The van der Waals surface area contributed by atoms with Crippen LogP contribution in [0.25, 0.3) is 0 Å². The summed E-state index contributed by atoms with van der Waals surface area (Å²) in [7, 11) is 0. The summed E-state index contributed by atoms with van der Waals surface area (Å²) in [5.74, 6) is 0. The molecule has 1 saturated heterocycles. The van der Waals surface area contributed by atoms with Crippen molar-refractivity contribution in [3.8, 4) is 0 Å². The Morgan fingerprint density at radius 3 is 2.47 bits per heavy atom. The molecular weight excluding hydrogens is 196 g/mol. The molecule has 0 saturated carbocycles. The van der Waals surface area contributed by atoms with Crippen molar-refractivity contribution in [2.75, 3.05) is 19.6 Å². The summed E-state index contributed by atoms with van der Waals surface area (Å²) in [5.41, 5.74) is 0.783. The third-order valence-electron chi connectivity index (χ3n) is 2.46. The smallest absolute Gasteiger partial charge is 0.269 e. The molecule has 5 heteroatoms. The molecule has 1 aromatic rings. The Hall–Kier alpha value is -1.46. The van der Waals surface area contributed by atoms with E-state index >= 15 is 0 Å². The van der Waals surface area contributed by atoms with Crippen molar-refractivity contribution < 1.29 is 10.0 Å². The number of hydrogen-bond acceptors (Lipinski definition) is 4. The van der Waals surface area contributed by atoms with Crippen molar-refractivity contribution in [2.45, 2.75) is 6.10 Å². The van der Waals surface area contributed by atoms with E-state index in [0.717, 1.165) is 18.7 Å². The Bertz CT molecular complexity index is 359. The molecule has 1 atom stereocenters. The highest BCUT2D eigenvalue weighted by atomic mass is 16.6. The zero-order chi connectivity index (χ0) is 10.8. The SMILES string of the molecule is O=[N+]([O-])c1ccc(C(O)CN2CC2)cc1. The molecule has 1 unspecified atom stereocenters. The summed E-state index contributed by atoms with van der Waals surface area (Å²) in [5, 5.41) is 20.2. The number of β-amino-alcohol motifs (C(OH)–C–C–N with tert-alkyl or cyclic N) is 1. The molecule has 1 aliphatic heterocycles. The number of rotatable bonds is 4. The van der Waals surface area contributed by atoms with Crippen LogP contribution in [-0.4, -0.2) is 34.6 Å². The van der Waals surface area contributed by atoms with Crippen LogP contribution in [0.2, 0.25) is 0 Å². The monoisotopic (exact) mass is 208 g/mol. The number of aliphatic hydroxyl groups excluding tert-OH is 1. The predicted molar refractivity (Wildman–Crippen MR) is 54.5 cm³/mol. The molecular formula is C10H12N2O3. The number of non-ortho nitro benzene ring substituents is 1. The minimum atomic E-state index is -0.548. The quantitative estimate of drug-likeness (QED) is 0.454. The van der Waals surface area contributed by atoms with E-state index in [9.17, 15) is 15.2 Å². The van der Waals surface area contributed by atoms with Gasteiger partial charge in [-0.25, -0.2) is 0 Å². The van der Waals surface area contributed by atoms with Gasteiger partial charge >= 0.3 is 0 Å². The van der Waals surface area contributed by atoms with E-state index in [-0.39, 0.29) is 5.69 Å². The van der Waals surface area contributed by atoms with E-state index in [0.29, 0.717) is 6.54 Å². The van der Waals surface area contributed by atoms with Gasteiger partial charge in [0.25, 0.3) is 5.69 Å². The highest BCUT2D eigenvalue weighted by Crippen LogP contribution is 2.20. The fourth-order valence-electron chi connectivity index (χ4n) is 1.42. The Kier molecular flexibility index (Phi) is 2.66. The molecule has 15 heavy (non-hydrogen) atoms. The molecule has 1 fully saturated rings. The highest BCUT2D eigenvalue weighted by molar-refractivity contribution is 5.33. The van der Waals surface area contributed by atoms with Gasteiger partial charge < -0.3 is 5.11 Å². The average molecular weight is 208 g/mol. The van der Waals surface area contributed by atoms with Crippen molar-refractivity contribution in [1.29, 1.82) is 0 Å². The van der Waals surface area contributed by atoms with Crippen LogP contribution in [0.3, 0.4) is 0 Å². The van der Waals surface area contributed by atoms with Crippen molar-refractivity contribution in [3.05, 3.63) is 39.9 Å². The van der Waals surface area contributed by atoms with Crippen molar-refractivity contribution in [3.63, 3.8) is 0 Å². The lowest BCUT2D eigenvalue weighted by atomic mass is 10.1. The van der Waals surface area contributed by atoms with Gasteiger partial charge in [-0.3, -0.25) is 15.0 Å². The fourth-order valence-corrected chi connectivity index (χ4v) is 1.42. The molecule has 1 heterocycles. The van der Waals surface area contributed by atoms with E-state index < -0.39 is 11.0 Å². The lowest BCUT2D eigenvalue weighted by molar-refractivity contribution is -0.384. The first-order valence-electron chi connectivity index (χ1n) is 4.81. The van der Waals surface area contributed by atoms with Gasteiger partial charge in [0, 0.05) is 31.8 Å². The molecule has 0 radical (unpaired) electrons. The Labute approximate surface area is 87.1 Å². The predicted octanol–water partition coefficient (Wildman–Crippen LogP) is 0.944. The summed E-state index contributed by atoms with van der Waals surface area (Å²) >= 11 is 0. The van der Waals surface area contributed by atoms with E-state index in [2.05, 4.69) is 4.90 Å². The minimum Gasteiger partial charge on any atom is -0.387 e. The van der Waals surface area contributed by atoms with Crippen LogP contribution >= 0.6 is 0 Å². The van der Waals surface area contributed by atoms with Crippen LogP contribution in [0.1, 0.15) is 11.7 Å². The van der Waals surface area contributed by atoms with Crippen LogP contribution in [0, 0.1) is 10.1 Å². The first kappa shape index (κ1) is 10.1. The Morgan fingerprint density at radius 1 is 1.40 bits per heavy atom. The van der Waals surface area contributed by atoms with Gasteiger partial charge in [-0.05, 0) is 17.7 Å². The van der Waals surface area contributed by atoms with Gasteiger partial charge in [0.2, 0.25) is 0 Å². The molecule has 1 aromatic carbocycles. The molecule has 0 aliphatic carbocycles. The molecule has 2 rings (SSSR count). The molecule has 5 nitrogen and oxygen atoms in total. The van der Waals surface area contributed by atoms with E-state index in [4.69, 9.17) is 0 Å². The number of hydrogen-bond donors (Lipinski definition) is 1. The normalized spacial score (nSPS) is 17.4. The Balaban J connectivity index is 2.04. The molecule has 80 valence electrons. The van der Waals surface area contributed by atoms with Crippen molar-refractivity contribution in [2.24, 2.45) is 0 Å². The maximum absolute atomic E-state index is 10.4. The van der Waals surface area contributed by atoms with Crippen molar-refractivity contribution in [1.82, 2.24) is 4.90 Å². The summed E-state index contributed by atoms with van der Waals surface area (Å²) in [6.45, 7) is 2.67. The Morgan fingerprint density at radius 2 is 2.00 bits per heavy atom. The van der Waals surface area contributed by atoms with Crippen LogP contribution < -0.4 is 0 Å². The summed E-state index contributed by atoms with van der Waals surface area (Å²) in [4.78, 5) is 12.1. The first-order valence-corrected chi connectivity index (χ1v) is 4.81. The van der Waals surface area contributed by atoms with Gasteiger partial charge in [-0.15, -0.1) is 0 Å². The molecule has 0 amide bonds. The van der Waals surface area contributed by atoms with Crippen LogP contribution in [0.15, 0.2) is 24.3 Å². The lowest BCUT2D eigenvalue weighted by Gasteiger charge is -2.10. The van der Waals surface area contributed by atoms with Gasteiger partial charge in [0.15, 0.2) is 0 Å². The minimum absolute atomic E-state index is 0.0534. The molecule has 1 N–H and O–H groups in total. The maximum Gasteiger partial charge on any atom is 0.269 e. The zero-order valence-electron chi connectivity index (χ0n) is 8.17. The molecule has 0 aromatic heterocycles. The van der Waals surface area contributed by atoms with Gasteiger partial charge in [-0.1, -0.05) is 0 Å². The number of nitro benzene ring substituents is 1. The average Bonchev–Trinajstić information content (AvgIpc) is 3.02. The van der Waals surface area contributed by atoms with Crippen molar-refractivity contribution >= 4 is 5.69 Å². The fraction of sp³-hybridized carbons (Fsp3) is 0.400. The van der Waals surface area contributed by atoms with Crippen LogP contribution in [0.5, 0.6) is 0 Å². The molecule has 0 bridgehead atoms. The summed E-state index contributed by atoms with van der Waals surface area (Å²) < 4.78 is 0. The second kappa shape index (κ2) is 3.96. The number of aliphatic hydroxyl groups is 1. The van der Waals surface area contributed by atoms with E-state index in [1.165, 1.54) is 12.1 Å². The standard InChI is InChI=1S/C10H12N2O3/c13-10(7-11-5-6-11)8-1-3-9(4-2-8)12(14)15/h1-4,10,13H,5-7H2. The summed E-state index contributed by atoms with van der Waals surface area (Å²) in [6.07, 6.45) is -0.548. The lowest BCUT2D eigenvalue weighted by Crippen LogP contribution is -2.10. The second-order valence-corrected chi connectivity index (χ2v) is 3.67.